The molecule has 5 heteroatoms. The van der Waals surface area contributed by atoms with E-state index in [1.807, 2.05) is 0 Å². The van der Waals surface area contributed by atoms with Gasteiger partial charge in [0.05, 0.1) is 19.4 Å². The van der Waals surface area contributed by atoms with Gasteiger partial charge in [-0.1, -0.05) is 0 Å². The Kier molecular flexibility index (Phi) is 2.99. The lowest BCUT2D eigenvalue weighted by atomic mass is 10.3. The summed E-state index contributed by atoms with van der Waals surface area (Å²) in [6.45, 7) is 3.89. The third-order valence-electron chi connectivity index (χ3n) is 2.48. The monoisotopic (exact) mass is 234 g/mol. The van der Waals surface area contributed by atoms with E-state index < -0.39 is 0 Å². The van der Waals surface area contributed by atoms with Crippen molar-refractivity contribution in [3.63, 3.8) is 0 Å². The number of esters is 1. The number of carbonyl (C=O) groups excluding carboxylic acids is 1. The molecule has 0 unspecified atom stereocenters. The smallest absolute Gasteiger partial charge is 0.357 e. The molecule has 0 aliphatic heterocycles. The summed E-state index contributed by atoms with van der Waals surface area (Å²) in [5, 5.41) is 0. The van der Waals surface area contributed by atoms with Crippen molar-refractivity contribution in [1.82, 2.24) is 9.38 Å². The number of hydrogen-bond donors (Lipinski definition) is 0. The number of carbonyl (C=O) groups is 1. The molecule has 2 rings (SSSR count). The third kappa shape index (κ3) is 1.84. The fourth-order valence-electron chi connectivity index (χ4n) is 1.76. The highest BCUT2D eigenvalue weighted by molar-refractivity contribution is 5.90. The predicted octanol–water partition coefficient (Wildman–Crippen LogP) is 1.83. The van der Waals surface area contributed by atoms with E-state index in [2.05, 4.69) is 4.98 Å². The molecule has 0 radical (unpaired) electrons. The SMILES string of the molecule is CCOC(=O)c1c(C)nc2c(OC)cccn12. The van der Waals surface area contributed by atoms with Gasteiger partial charge in [0, 0.05) is 6.20 Å². The maximum Gasteiger partial charge on any atom is 0.357 e. The van der Waals surface area contributed by atoms with Crippen LogP contribution in [0.4, 0.5) is 0 Å². The summed E-state index contributed by atoms with van der Waals surface area (Å²) < 4.78 is 11.9. The van der Waals surface area contributed by atoms with Gasteiger partial charge >= 0.3 is 5.97 Å². The Morgan fingerprint density at radius 1 is 1.53 bits per heavy atom. The molecule has 0 spiro atoms. The van der Waals surface area contributed by atoms with Gasteiger partial charge in [-0.2, -0.15) is 0 Å². The minimum Gasteiger partial charge on any atom is -0.493 e. The molecule has 0 amide bonds. The van der Waals surface area contributed by atoms with E-state index in [1.165, 1.54) is 0 Å². The molecule has 90 valence electrons. The number of ether oxygens (including phenoxy) is 2. The second kappa shape index (κ2) is 4.45. The van der Waals surface area contributed by atoms with Gasteiger partial charge in [-0.25, -0.2) is 9.78 Å². The van der Waals surface area contributed by atoms with E-state index in [4.69, 9.17) is 9.47 Å². The summed E-state index contributed by atoms with van der Waals surface area (Å²) in [4.78, 5) is 16.1. The van der Waals surface area contributed by atoms with E-state index in [9.17, 15) is 4.79 Å². The van der Waals surface area contributed by atoms with Crippen LogP contribution in [-0.4, -0.2) is 29.1 Å². The number of pyridine rings is 1. The zero-order chi connectivity index (χ0) is 12.4. The molecule has 2 aromatic heterocycles. The molecular formula is C12H14N2O3. The molecule has 0 atom stereocenters. The number of nitrogens with zero attached hydrogens (tertiary/aromatic N) is 2. The Hall–Kier alpha value is -2.04. The first-order valence-electron chi connectivity index (χ1n) is 5.37. The average molecular weight is 234 g/mol. The Balaban J connectivity index is 2.64. The van der Waals surface area contributed by atoms with Crippen LogP contribution in [0.5, 0.6) is 5.75 Å². The molecule has 2 aromatic rings. The van der Waals surface area contributed by atoms with Gasteiger partial charge < -0.3 is 9.47 Å². The summed E-state index contributed by atoms with van der Waals surface area (Å²) in [6, 6.07) is 3.60. The number of aryl methyl sites for hydroxylation is 1. The van der Waals surface area contributed by atoms with Crippen LogP contribution in [0, 0.1) is 6.92 Å². The number of imidazole rings is 1. The highest BCUT2D eigenvalue weighted by Gasteiger charge is 2.19. The zero-order valence-electron chi connectivity index (χ0n) is 10.1. The zero-order valence-corrected chi connectivity index (χ0v) is 10.1. The second-order valence-electron chi connectivity index (χ2n) is 3.54. The minimum absolute atomic E-state index is 0.343. The van der Waals surface area contributed by atoms with Crippen LogP contribution in [-0.2, 0) is 4.74 Å². The Morgan fingerprint density at radius 2 is 2.29 bits per heavy atom. The number of aromatic nitrogens is 2. The molecule has 17 heavy (non-hydrogen) atoms. The quantitative estimate of drug-likeness (QED) is 0.760. The van der Waals surface area contributed by atoms with Crippen LogP contribution >= 0.6 is 0 Å². The van der Waals surface area contributed by atoms with Crippen LogP contribution in [0.15, 0.2) is 18.3 Å². The third-order valence-corrected chi connectivity index (χ3v) is 2.48. The predicted molar refractivity (Wildman–Crippen MR) is 62.4 cm³/mol. The molecule has 0 saturated carbocycles. The topological polar surface area (TPSA) is 52.8 Å². The van der Waals surface area contributed by atoms with E-state index in [1.54, 1.807) is 43.7 Å². The van der Waals surface area contributed by atoms with Gasteiger partial charge in [-0.05, 0) is 26.0 Å². The maximum absolute atomic E-state index is 11.8. The van der Waals surface area contributed by atoms with Crippen molar-refractivity contribution >= 4 is 11.6 Å². The number of hydrogen-bond acceptors (Lipinski definition) is 4. The Bertz CT molecular complexity index is 560. The van der Waals surface area contributed by atoms with Gasteiger partial charge in [0.25, 0.3) is 0 Å². The molecule has 0 bridgehead atoms. The molecule has 5 nitrogen and oxygen atoms in total. The van der Waals surface area contributed by atoms with Crippen molar-refractivity contribution in [2.75, 3.05) is 13.7 Å². The fourth-order valence-corrected chi connectivity index (χ4v) is 1.76. The first-order valence-corrected chi connectivity index (χ1v) is 5.37. The van der Waals surface area contributed by atoms with Crippen LogP contribution in [0.1, 0.15) is 23.1 Å². The summed E-state index contributed by atoms with van der Waals surface area (Å²) >= 11 is 0. The number of fused-ring (bicyclic) bond motifs is 1. The normalized spacial score (nSPS) is 10.5. The molecule has 0 saturated heterocycles. The van der Waals surface area contributed by atoms with E-state index in [0.29, 0.717) is 29.4 Å². The highest BCUT2D eigenvalue weighted by Crippen LogP contribution is 2.21. The van der Waals surface area contributed by atoms with E-state index in [0.717, 1.165) is 0 Å². The van der Waals surface area contributed by atoms with Crippen LogP contribution in [0.25, 0.3) is 5.65 Å². The number of rotatable bonds is 3. The van der Waals surface area contributed by atoms with E-state index in [-0.39, 0.29) is 5.97 Å². The van der Waals surface area contributed by atoms with Crippen LogP contribution in [0.3, 0.4) is 0 Å². The summed E-state index contributed by atoms with van der Waals surface area (Å²) in [6.07, 6.45) is 1.77. The van der Waals surface area contributed by atoms with Gasteiger partial charge in [-0.15, -0.1) is 0 Å². The van der Waals surface area contributed by atoms with E-state index >= 15 is 0 Å². The first-order chi connectivity index (χ1) is 8.19. The maximum atomic E-state index is 11.8. The minimum atomic E-state index is -0.370. The lowest BCUT2D eigenvalue weighted by Gasteiger charge is -2.04. The van der Waals surface area contributed by atoms with Gasteiger partial charge in [-0.3, -0.25) is 4.40 Å². The summed E-state index contributed by atoms with van der Waals surface area (Å²) in [7, 11) is 1.57. The van der Waals surface area contributed by atoms with Crippen molar-refractivity contribution in [2.24, 2.45) is 0 Å². The molecule has 2 heterocycles. The van der Waals surface area contributed by atoms with Crippen LogP contribution in [0.2, 0.25) is 0 Å². The summed E-state index contributed by atoms with van der Waals surface area (Å²) in [5.41, 5.74) is 1.70. The Morgan fingerprint density at radius 3 is 2.94 bits per heavy atom. The van der Waals surface area contributed by atoms with Crippen molar-refractivity contribution < 1.29 is 14.3 Å². The highest BCUT2D eigenvalue weighted by atomic mass is 16.5. The molecule has 0 fully saturated rings. The fraction of sp³-hybridized carbons (Fsp3) is 0.333. The summed E-state index contributed by atoms with van der Waals surface area (Å²) in [5.74, 6) is 0.261. The van der Waals surface area contributed by atoms with Crippen LogP contribution < -0.4 is 4.74 Å². The first kappa shape index (κ1) is 11.4. The second-order valence-corrected chi connectivity index (χ2v) is 3.54. The molecule has 0 aliphatic carbocycles. The van der Waals surface area contributed by atoms with Gasteiger partial charge in [0.15, 0.2) is 17.1 Å². The lowest BCUT2D eigenvalue weighted by Crippen LogP contribution is -2.09. The average Bonchev–Trinajstić information content (AvgIpc) is 2.65. The van der Waals surface area contributed by atoms with Gasteiger partial charge in [0.1, 0.15) is 0 Å². The molecule has 0 aromatic carbocycles. The largest absolute Gasteiger partial charge is 0.493 e. The molecule has 0 N–H and O–H groups in total. The molecular weight excluding hydrogens is 220 g/mol. The van der Waals surface area contributed by atoms with Gasteiger partial charge in [0.2, 0.25) is 0 Å². The van der Waals surface area contributed by atoms with Crippen molar-refractivity contribution in [1.29, 1.82) is 0 Å². The lowest BCUT2D eigenvalue weighted by molar-refractivity contribution is 0.0517. The van der Waals surface area contributed by atoms with Crippen molar-refractivity contribution in [3.8, 4) is 5.75 Å². The Labute approximate surface area is 99.0 Å². The van der Waals surface area contributed by atoms with Crippen molar-refractivity contribution in [2.45, 2.75) is 13.8 Å². The van der Waals surface area contributed by atoms with Crippen molar-refractivity contribution in [3.05, 3.63) is 29.7 Å². The number of methoxy groups -OCH3 is 1. The standard InChI is InChI=1S/C12H14N2O3/c1-4-17-12(15)10-8(2)13-11-9(16-3)6-5-7-14(10)11/h5-7H,4H2,1-3H3. The molecule has 0 aliphatic rings.